The number of fused-ring (bicyclic) bond motifs is 5. The summed E-state index contributed by atoms with van der Waals surface area (Å²) in [5, 5.41) is 18.6. The molecule has 3 aliphatic rings. The SMILES string of the molecule is Cc1c2c(c(N(C)C(=O)OC(C)(C)C)c3ccc(Br)cc13)C[C@H]1C[C@H]3[C@H](N(C)C)c4onc(OCc5ccccc5)c4C(=O)[C@@]3(O[Si](C)(C)C(C)(C)C)C(O)=C1C2=O. The fourth-order valence-electron chi connectivity index (χ4n) is 8.84. The molecule has 0 saturated heterocycles. The van der Waals surface area contributed by atoms with Crippen LogP contribution in [0.3, 0.4) is 0 Å². The minimum atomic E-state index is -2.91. The van der Waals surface area contributed by atoms with Crippen molar-refractivity contribution in [2.45, 2.75) is 103 Å². The number of amides is 1. The molecule has 0 unspecified atom stereocenters. The molecular formula is C45H54BrN3O8Si. The molecule has 3 aromatic carbocycles. The van der Waals surface area contributed by atoms with Crippen LogP contribution in [0.4, 0.5) is 10.5 Å². The van der Waals surface area contributed by atoms with Gasteiger partial charge in [0.25, 0.3) is 5.88 Å². The first kappa shape index (κ1) is 41.8. The quantitative estimate of drug-likeness (QED) is 0.179. The first-order valence-electron chi connectivity index (χ1n) is 19.8. The van der Waals surface area contributed by atoms with Gasteiger partial charge in [-0.05, 0) is 118 Å². The van der Waals surface area contributed by atoms with Gasteiger partial charge in [-0.3, -0.25) is 19.4 Å². The van der Waals surface area contributed by atoms with Crippen LogP contribution in [-0.2, 0) is 22.2 Å². The lowest BCUT2D eigenvalue weighted by Crippen LogP contribution is -2.65. The zero-order chi connectivity index (χ0) is 42.4. The fourth-order valence-corrected chi connectivity index (χ4v) is 10.7. The van der Waals surface area contributed by atoms with Gasteiger partial charge in [0.15, 0.2) is 25.5 Å². The van der Waals surface area contributed by atoms with Gasteiger partial charge in [-0.25, -0.2) is 4.79 Å². The van der Waals surface area contributed by atoms with Gasteiger partial charge in [-0.1, -0.05) is 73.1 Å². The minimum Gasteiger partial charge on any atom is -0.508 e. The maximum absolute atomic E-state index is 15.6. The number of aromatic nitrogens is 1. The normalized spacial score (nSPS) is 22.1. The molecule has 13 heteroatoms. The summed E-state index contributed by atoms with van der Waals surface area (Å²) in [5.41, 5.74) is 0.770. The molecule has 58 heavy (non-hydrogen) atoms. The molecule has 0 fully saturated rings. The maximum Gasteiger partial charge on any atom is 0.414 e. The van der Waals surface area contributed by atoms with Gasteiger partial charge in [0.2, 0.25) is 5.78 Å². The number of aryl methyl sites for hydroxylation is 1. The number of halogens is 1. The number of hydrogen-bond acceptors (Lipinski definition) is 10. The van der Waals surface area contributed by atoms with E-state index in [9.17, 15) is 9.90 Å². The van der Waals surface area contributed by atoms with Gasteiger partial charge < -0.3 is 23.5 Å². The molecule has 7 rings (SSSR count). The summed E-state index contributed by atoms with van der Waals surface area (Å²) < 4.78 is 26.2. The van der Waals surface area contributed by atoms with E-state index in [0.29, 0.717) is 41.0 Å². The molecule has 0 saturated carbocycles. The number of anilines is 1. The second-order valence-electron chi connectivity index (χ2n) is 18.7. The average Bonchev–Trinajstić information content (AvgIpc) is 3.54. The highest BCUT2D eigenvalue weighted by Gasteiger charge is 2.67. The standard InChI is InChI=1S/C45H54BrN3O8Si/c1-24-29-22-27(46)18-19-28(29)35(49(10)42(53)55-43(2,3)4)30-20-26-21-31-36(48(8)9)38-34(41(47-56-38)54-23-25-16-14-13-15-17-25)40(52)45(31,57-58(11,12)44(5,6)7)39(51)33(26)37(50)32(24)30/h13-19,22,26,31,36,51H,20-21,23H2,1-12H3/t26-,31-,36-,45-/m0/s1. The van der Waals surface area contributed by atoms with Crippen molar-refractivity contribution in [1.82, 2.24) is 10.1 Å². The lowest BCUT2D eigenvalue weighted by Gasteiger charge is -2.55. The predicted molar refractivity (Wildman–Crippen MR) is 229 cm³/mol. The third kappa shape index (κ3) is 6.71. The number of allylic oxidation sites excluding steroid dienone is 1. The molecule has 0 spiro atoms. The average molecular weight is 873 g/mol. The molecule has 0 aliphatic heterocycles. The summed E-state index contributed by atoms with van der Waals surface area (Å²) in [5.74, 6) is -2.20. The van der Waals surface area contributed by atoms with Crippen LogP contribution in [0.15, 0.2) is 68.9 Å². The first-order valence-corrected chi connectivity index (χ1v) is 23.5. The Balaban J connectivity index is 1.48. The van der Waals surface area contributed by atoms with Crippen LogP contribution in [0.25, 0.3) is 10.8 Å². The summed E-state index contributed by atoms with van der Waals surface area (Å²) in [7, 11) is 2.55. The van der Waals surface area contributed by atoms with E-state index in [1.54, 1.807) is 7.05 Å². The number of Topliss-reactive ketones (excluding diaryl/α,β-unsaturated/α-hetero) is 2. The zero-order valence-corrected chi connectivity index (χ0v) is 38.1. The molecule has 0 radical (unpaired) electrons. The number of aliphatic hydroxyl groups is 1. The Morgan fingerprint density at radius 1 is 1.02 bits per heavy atom. The maximum atomic E-state index is 15.6. The summed E-state index contributed by atoms with van der Waals surface area (Å²) in [6, 6.07) is 14.7. The topological polar surface area (TPSA) is 132 Å². The van der Waals surface area contributed by atoms with E-state index in [2.05, 4.69) is 41.9 Å². The second kappa shape index (κ2) is 14.5. The number of nitrogens with zero attached hydrogens (tertiary/aromatic N) is 3. The fraction of sp³-hybridized carbons (Fsp3) is 0.467. The highest BCUT2D eigenvalue weighted by Crippen LogP contribution is 2.60. The van der Waals surface area contributed by atoms with E-state index >= 15 is 9.59 Å². The molecule has 11 nitrogen and oxygen atoms in total. The highest BCUT2D eigenvalue weighted by atomic mass is 79.9. The van der Waals surface area contributed by atoms with Crippen LogP contribution in [0.2, 0.25) is 18.1 Å². The third-order valence-electron chi connectivity index (χ3n) is 12.5. The van der Waals surface area contributed by atoms with Gasteiger partial charge in [-0.15, -0.1) is 0 Å². The van der Waals surface area contributed by atoms with Crippen molar-refractivity contribution in [1.29, 1.82) is 0 Å². The Hall–Kier alpha value is -4.30. The second-order valence-corrected chi connectivity index (χ2v) is 24.4. The largest absolute Gasteiger partial charge is 0.508 e. The number of ether oxygens (including phenoxy) is 2. The predicted octanol–water partition coefficient (Wildman–Crippen LogP) is 10.3. The number of rotatable bonds is 7. The van der Waals surface area contributed by atoms with E-state index in [-0.39, 0.29) is 34.4 Å². The van der Waals surface area contributed by atoms with E-state index in [0.717, 1.165) is 20.8 Å². The van der Waals surface area contributed by atoms with Crippen molar-refractivity contribution in [3.8, 4) is 5.88 Å². The summed E-state index contributed by atoms with van der Waals surface area (Å²) in [4.78, 5) is 48.3. The number of benzene rings is 3. The molecule has 1 amide bonds. The molecule has 1 aromatic heterocycles. The molecule has 0 bridgehead atoms. The van der Waals surface area contributed by atoms with E-state index in [1.165, 1.54) is 4.90 Å². The summed E-state index contributed by atoms with van der Waals surface area (Å²) >= 11 is 3.61. The van der Waals surface area contributed by atoms with Gasteiger partial charge in [-0.2, -0.15) is 0 Å². The molecule has 1 N–H and O–H groups in total. The number of hydrogen-bond donors (Lipinski definition) is 1. The number of carbonyl (C=O) groups excluding carboxylic acids is 3. The zero-order valence-electron chi connectivity index (χ0n) is 35.5. The third-order valence-corrected chi connectivity index (χ3v) is 17.4. The Labute approximate surface area is 349 Å². The molecule has 4 atom stereocenters. The van der Waals surface area contributed by atoms with Gasteiger partial charge >= 0.3 is 6.09 Å². The molecule has 4 aromatic rings. The van der Waals surface area contributed by atoms with E-state index < -0.39 is 55.1 Å². The monoisotopic (exact) mass is 871 g/mol. The molecule has 1 heterocycles. The Morgan fingerprint density at radius 2 is 1.69 bits per heavy atom. The molecule has 308 valence electrons. The minimum absolute atomic E-state index is 0.00955. The van der Waals surface area contributed by atoms with Gasteiger partial charge in [0.1, 0.15) is 23.5 Å². The van der Waals surface area contributed by atoms with E-state index in [4.69, 9.17) is 18.4 Å². The van der Waals surface area contributed by atoms with Crippen molar-refractivity contribution in [3.63, 3.8) is 0 Å². The van der Waals surface area contributed by atoms with Crippen molar-refractivity contribution in [2.75, 3.05) is 26.0 Å². The number of ketones is 2. The van der Waals surface area contributed by atoms with Gasteiger partial charge in [0, 0.05) is 34.0 Å². The van der Waals surface area contributed by atoms with Crippen LogP contribution in [0, 0.1) is 18.8 Å². The number of aliphatic hydroxyl groups excluding tert-OH is 1. The molecule has 3 aliphatic carbocycles. The molecular weight excluding hydrogens is 818 g/mol. The van der Waals surface area contributed by atoms with Crippen molar-refractivity contribution >= 4 is 58.4 Å². The highest BCUT2D eigenvalue weighted by molar-refractivity contribution is 9.10. The van der Waals surface area contributed by atoms with E-state index in [1.807, 2.05) is 108 Å². The van der Waals surface area contributed by atoms with Crippen LogP contribution < -0.4 is 9.64 Å². The Morgan fingerprint density at radius 3 is 2.31 bits per heavy atom. The first-order chi connectivity index (χ1) is 27.0. The number of carbonyl (C=O) groups is 3. The van der Waals surface area contributed by atoms with Crippen LogP contribution in [-0.4, -0.2) is 73.5 Å². The van der Waals surface area contributed by atoms with Gasteiger partial charge in [0.05, 0.1) is 11.7 Å². The van der Waals surface area contributed by atoms with Crippen molar-refractivity contribution < 1.29 is 37.9 Å². The Kier molecular flexibility index (Phi) is 10.4. The Bertz CT molecular complexity index is 2370. The van der Waals surface area contributed by atoms with Crippen molar-refractivity contribution in [3.05, 3.63) is 97.9 Å². The summed E-state index contributed by atoms with van der Waals surface area (Å²) in [6.07, 6.45) is 0.0469. The van der Waals surface area contributed by atoms with Crippen LogP contribution in [0.1, 0.15) is 97.2 Å². The lowest BCUT2D eigenvalue weighted by molar-refractivity contribution is -0.0480. The van der Waals surface area contributed by atoms with Crippen LogP contribution in [0.5, 0.6) is 5.88 Å². The smallest absolute Gasteiger partial charge is 0.414 e. The van der Waals surface area contributed by atoms with Crippen LogP contribution >= 0.6 is 15.9 Å². The lowest BCUT2D eigenvalue weighted by atomic mass is 9.58. The van der Waals surface area contributed by atoms with Crippen molar-refractivity contribution in [2.24, 2.45) is 11.8 Å². The summed E-state index contributed by atoms with van der Waals surface area (Å²) in [6.45, 7) is 17.8.